The molecule has 0 bridgehead atoms. The van der Waals surface area contributed by atoms with E-state index in [0.717, 1.165) is 19.5 Å². The molecule has 2 rings (SSSR count). The summed E-state index contributed by atoms with van der Waals surface area (Å²) in [6.45, 7) is 7.85. The third kappa shape index (κ3) is 3.57. The average molecular weight is 247 g/mol. The minimum Gasteiger partial charge on any atom is -0.459 e. The van der Waals surface area contributed by atoms with Gasteiger partial charge < -0.3 is 4.74 Å². The van der Waals surface area contributed by atoms with Crippen LogP contribution in [-0.2, 0) is 22.5 Å². The van der Waals surface area contributed by atoms with E-state index >= 15 is 0 Å². The van der Waals surface area contributed by atoms with Crippen molar-refractivity contribution in [2.75, 3.05) is 13.1 Å². The number of carbonyl (C=O) groups excluding carboxylic acids is 1. The Morgan fingerprint density at radius 2 is 1.94 bits per heavy atom. The van der Waals surface area contributed by atoms with Crippen molar-refractivity contribution in [2.45, 2.75) is 39.3 Å². The van der Waals surface area contributed by atoms with Crippen molar-refractivity contribution in [1.82, 2.24) is 4.90 Å². The second-order valence-electron chi connectivity index (χ2n) is 5.82. The van der Waals surface area contributed by atoms with Gasteiger partial charge in [-0.05, 0) is 38.3 Å². The van der Waals surface area contributed by atoms with E-state index in [0.29, 0.717) is 6.54 Å². The van der Waals surface area contributed by atoms with Gasteiger partial charge in [-0.25, -0.2) is 0 Å². The Kier molecular flexibility index (Phi) is 3.71. The van der Waals surface area contributed by atoms with Gasteiger partial charge in [0.25, 0.3) is 0 Å². The minimum atomic E-state index is -0.398. The minimum absolute atomic E-state index is 0.137. The molecule has 1 heterocycles. The highest BCUT2D eigenvalue weighted by molar-refractivity contribution is 5.72. The Labute approximate surface area is 109 Å². The Morgan fingerprint density at radius 1 is 1.28 bits per heavy atom. The zero-order valence-electron chi connectivity index (χ0n) is 11.4. The summed E-state index contributed by atoms with van der Waals surface area (Å²) in [5.41, 5.74) is 2.33. The van der Waals surface area contributed by atoms with E-state index in [4.69, 9.17) is 4.74 Å². The topological polar surface area (TPSA) is 29.5 Å². The highest BCUT2D eigenvalue weighted by Gasteiger charge is 2.21. The van der Waals surface area contributed by atoms with Crippen LogP contribution < -0.4 is 0 Å². The van der Waals surface area contributed by atoms with E-state index < -0.39 is 5.60 Å². The van der Waals surface area contributed by atoms with Crippen LogP contribution >= 0.6 is 0 Å². The summed E-state index contributed by atoms with van der Waals surface area (Å²) < 4.78 is 5.35. The van der Waals surface area contributed by atoms with E-state index in [1.165, 1.54) is 11.1 Å². The van der Waals surface area contributed by atoms with Crippen molar-refractivity contribution < 1.29 is 9.53 Å². The number of fused-ring (bicyclic) bond motifs is 1. The summed E-state index contributed by atoms with van der Waals surface area (Å²) in [6.07, 6.45) is 1.01. The average Bonchev–Trinajstić information content (AvgIpc) is 2.26. The highest BCUT2D eigenvalue weighted by atomic mass is 16.6. The predicted octanol–water partition coefficient (Wildman–Crippen LogP) is 2.39. The van der Waals surface area contributed by atoms with Gasteiger partial charge in [-0.1, -0.05) is 24.3 Å². The molecule has 0 aromatic heterocycles. The second kappa shape index (κ2) is 5.11. The number of rotatable bonds is 2. The van der Waals surface area contributed by atoms with Gasteiger partial charge in [-0.15, -0.1) is 0 Å². The fourth-order valence-electron chi connectivity index (χ4n) is 2.25. The Morgan fingerprint density at radius 3 is 2.61 bits per heavy atom. The third-order valence-electron chi connectivity index (χ3n) is 2.98. The van der Waals surface area contributed by atoms with Crippen molar-refractivity contribution in [3.8, 4) is 0 Å². The number of nitrogens with zero attached hydrogens (tertiary/aromatic N) is 1. The first-order valence-corrected chi connectivity index (χ1v) is 6.45. The van der Waals surface area contributed by atoms with Crippen LogP contribution in [0.25, 0.3) is 0 Å². The summed E-state index contributed by atoms with van der Waals surface area (Å²) >= 11 is 0. The van der Waals surface area contributed by atoms with Crippen LogP contribution in [0.15, 0.2) is 24.3 Å². The molecule has 0 aliphatic carbocycles. The number of benzene rings is 1. The van der Waals surface area contributed by atoms with Gasteiger partial charge in [0.15, 0.2) is 0 Å². The summed E-state index contributed by atoms with van der Waals surface area (Å²) in [5, 5.41) is 0. The van der Waals surface area contributed by atoms with Crippen molar-refractivity contribution >= 4 is 5.97 Å². The molecule has 98 valence electrons. The van der Waals surface area contributed by atoms with Crippen LogP contribution in [-0.4, -0.2) is 29.6 Å². The molecule has 1 aliphatic heterocycles. The smallest absolute Gasteiger partial charge is 0.320 e. The summed E-state index contributed by atoms with van der Waals surface area (Å²) in [5.74, 6) is -0.137. The Hall–Kier alpha value is -1.35. The van der Waals surface area contributed by atoms with Gasteiger partial charge in [-0.2, -0.15) is 0 Å². The lowest BCUT2D eigenvalue weighted by molar-refractivity contribution is -0.156. The van der Waals surface area contributed by atoms with E-state index in [2.05, 4.69) is 29.2 Å². The molecule has 0 saturated heterocycles. The van der Waals surface area contributed by atoms with Gasteiger partial charge >= 0.3 is 5.97 Å². The van der Waals surface area contributed by atoms with E-state index in [9.17, 15) is 4.79 Å². The van der Waals surface area contributed by atoms with Gasteiger partial charge in [-0.3, -0.25) is 9.69 Å². The van der Waals surface area contributed by atoms with Crippen LogP contribution in [0.2, 0.25) is 0 Å². The van der Waals surface area contributed by atoms with Gasteiger partial charge in [0.2, 0.25) is 0 Å². The number of ether oxygens (including phenoxy) is 1. The highest BCUT2D eigenvalue weighted by Crippen LogP contribution is 2.18. The number of carbonyl (C=O) groups is 1. The normalized spacial score (nSPS) is 16.2. The molecule has 3 heteroatoms. The molecule has 0 N–H and O–H groups in total. The van der Waals surface area contributed by atoms with Crippen LogP contribution in [0.3, 0.4) is 0 Å². The molecule has 3 nitrogen and oxygen atoms in total. The largest absolute Gasteiger partial charge is 0.459 e. The zero-order chi connectivity index (χ0) is 13.2. The van der Waals surface area contributed by atoms with E-state index in [-0.39, 0.29) is 5.97 Å². The fourth-order valence-corrected chi connectivity index (χ4v) is 2.25. The molecule has 1 aromatic rings. The molecule has 18 heavy (non-hydrogen) atoms. The zero-order valence-corrected chi connectivity index (χ0v) is 11.4. The molecule has 1 aromatic carbocycles. The summed E-state index contributed by atoms with van der Waals surface area (Å²) in [6, 6.07) is 8.43. The van der Waals surface area contributed by atoms with Crippen LogP contribution in [0.5, 0.6) is 0 Å². The van der Waals surface area contributed by atoms with Crippen molar-refractivity contribution in [2.24, 2.45) is 0 Å². The first-order chi connectivity index (χ1) is 8.44. The molecule has 0 spiro atoms. The van der Waals surface area contributed by atoms with Crippen molar-refractivity contribution in [3.63, 3.8) is 0 Å². The lowest BCUT2D eigenvalue weighted by Crippen LogP contribution is -2.37. The van der Waals surface area contributed by atoms with Crippen LogP contribution in [0.1, 0.15) is 31.9 Å². The molecule has 1 aliphatic rings. The Balaban J connectivity index is 1.92. The molecular weight excluding hydrogens is 226 g/mol. The van der Waals surface area contributed by atoms with Crippen LogP contribution in [0, 0.1) is 0 Å². The number of esters is 1. The molecule has 0 amide bonds. The molecule has 0 atom stereocenters. The van der Waals surface area contributed by atoms with Gasteiger partial charge in [0, 0.05) is 13.1 Å². The van der Waals surface area contributed by atoms with Gasteiger partial charge in [0.05, 0.1) is 6.54 Å². The quantitative estimate of drug-likeness (QED) is 0.752. The Bertz CT molecular complexity index is 434. The molecule has 0 saturated carbocycles. The number of hydrogen-bond acceptors (Lipinski definition) is 3. The monoisotopic (exact) mass is 247 g/mol. The maximum atomic E-state index is 11.8. The van der Waals surface area contributed by atoms with Crippen molar-refractivity contribution in [1.29, 1.82) is 0 Å². The first kappa shape index (κ1) is 13.1. The third-order valence-corrected chi connectivity index (χ3v) is 2.98. The molecule has 0 unspecified atom stereocenters. The van der Waals surface area contributed by atoms with Gasteiger partial charge in [0.1, 0.15) is 5.60 Å². The second-order valence-corrected chi connectivity index (χ2v) is 5.82. The molecule has 0 radical (unpaired) electrons. The summed E-state index contributed by atoms with van der Waals surface area (Å²) in [4.78, 5) is 13.9. The lowest BCUT2D eigenvalue weighted by atomic mass is 10.00. The SMILES string of the molecule is CC(C)(C)OC(=O)CN1CCc2ccccc2C1. The maximum absolute atomic E-state index is 11.8. The lowest BCUT2D eigenvalue weighted by Gasteiger charge is -2.29. The van der Waals surface area contributed by atoms with E-state index in [1.807, 2.05) is 20.8 Å². The predicted molar refractivity (Wildman–Crippen MR) is 71.3 cm³/mol. The standard InChI is InChI=1S/C15H21NO2/c1-15(2,3)18-14(17)11-16-9-8-12-6-4-5-7-13(12)10-16/h4-7H,8-11H2,1-3H3. The number of hydrogen-bond donors (Lipinski definition) is 0. The van der Waals surface area contributed by atoms with E-state index in [1.54, 1.807) is 0 Å². The molecule has 0 fully saturated rings. The summed E-state index contributed by atoms with van der Waals surface area (Å²) in [7, 11) is 0. The van der Waals surface area contributed by atoms with Crippen LogP contribution in [0.4, 0.5) is 0 Å². The first-order valence-electron chi connectivity index (χ1n) is 6.45. The van der Waals surface area contributed by atoms with Crippen molar-refractivity contribution in [3.05, 3.63) is 35.4 Å². The maximum Gasteiger partial charge on any atom is 0.320 e. The fraction of sp³-hybridized carbons (Fsp3) is 0.533. The molecular formula is C15H21NO2.